The number of halogens is 1. The first-order chi connectivity index (χ1) is 13.5. The van der Waals surface area contributed by atoms with E-state index in [0.29, 0.717) is 28.0 Å². The molecule has 1 N–H and O–H groups in total. The number of hydrogen-bond donors (Lipinski definition) is 1. The average Bonchev–Trinajstić information content (AvgIpc) is 2.69. The summed E-state index contributed by atoms with van der Waals surface area (Å²) in [6.45, 7) is 2.38. The van der Waals surface area contributed by atoms with Crippen LogP contribution in [0, 0.1) is 0 Å². The van der Waals surface area contributed by atoms with Crippen molar-refractivity contribution in [3.63, 3.8) is 0 Å². The molecular formula is C21H21ClN2O3S. The fourth-order valence-corrected chi connectivity index (χ4v) is 3.59. The van der Waals surface area contributed by atoms with E-state index in [0.717, 1.165) is 11.3 Å². The van der Waals surface area contributed by atoms with Crippen LogP contribution in [0.4, 0.5) is 5.69 Å². The van der Waals surface area contributed by atoms with Crippen molar-refractivity contribution in [2.75, 3.05) is 25.2 Å². The van der Waals surface area contributed by atoms with E-state index in [2.05, 4.69) is 5.32 Å². The summed E-state index contributed by atoms with van der Waals surface area (Å²) in [6.07, 6.45) is 0. The Morgan fingerprint density at radius 1 is 1.14 bits per heavy atom. The summed E-state index contributed by atoms with van der Waals surface area (Å²) in [4.78, 5) is 14.8. The van der Waals surface area contributed by atoms with E-state index in [1.54, 1.807) is 19.2 Å². The van der Waals surface area contributed by atoms with Crippen LogP contribution in [0.25, 0.3) is 0 Å². The van der Waals surface area contributed by atoms with Crippen LogP contribution in [-0.4, -0.2) is 31.4 Å². The highest BCUT2D eigenvalue weighted by atomic mass is 35.5. The highest BCUT2D eigenvalue weighted by molar-refractivity contribution is 7.80. The Labute approximate surface area is 174 Å². The van der Waals surface area contributed by atoms with E-state index < -0.39 is 12.0 Å². The van der Waals surface area contributed by atoms with Gasteiger partial charge in [0, 0.05) is 23.5 Å². The number of esters is 1. The summed E-state index contributed by atoms with van der Waals surface area (Å²) in [5.41, 5.74) is 2.96. The van der Waals surface area contributed by atoms with Gasteiger partial charge in [-0.3, -0.25) is 4.90 Å². The fourth-order valence-electron chi connectivity index (χ4n) is 3.10. The maximum Gasteiger partial charge on any atom is 0.338 e. The molecule has 0 saturated heterocycles. The molecule has 0 radical (unpaired) electrons. The molecule has 2 aromatic carbocycles. The van der Waals surface area contributed by atoms with E-state index >= 15 is 0 Å². The van der Waals surface area contributed by atoms with Crippen molar-refractivity contribution in [2.45, 2.75) is 13.0 Å². The topological polar surface area (TPSA) is 50.8 Å². The lowest BCUT2D eigenvalue weighted by atomic mass is 9.95. The average molecular weight is 417 g/mol. The lowest BCUT2D eigenvalue weighted by molar-refractivity contribution is -0.140. The third-order valence-corrected chi connectivity index (χ3v) is 5.00. The number of ether oxygens (including phenoxy) is 2. The van der Waals surface area contributed by atoms with Crippen molar-refractivity contribution >= 4 is 40.6 Å². The Morgan fingerprint density at radius 2 is 1.82 bits per heavy atom. The van der Waals surface area contributed by atoms with Gasteiger partial charge in [-0.25, -0.2) is 4.79 Å². The number of rotatable bonds is 6. The van der Waals surface area contributed by atoms with Crippen LogP contribution in [0.3, 0.4) is 0 Å². The normalized spacial score (nSPS) is 16.8. The van der Waals surface area contributed by atoms with Crippen molar-refractivity contribution in [1.29, 1.82) is 0 Å². The summed E-state index contributed by atoms with van der Waals surface area (Å²) in [5.74, 6) is -0.405. The third-order valence-electron chi connectivity index (χ3n) is 4.44. The summed E-state index contributed by atoms with van der Waals surface area (Å²) >= 11 is 11.6. The quantitative estimate of drug-likeness (QED) is 0.432. The molecule has 5 nitrogen and oxygen atoms in total. The van der Waals surface area contributed by atoms with Crippen LogP contribution in [0.1, 0.15) is 18.5 Å². The number of thiocarbonyl (C=S) groups is 1. The van der Waals surface area contributed by atoms with Crippen molar-refractivity contribution in [3.8, 4) is 0 Å². The number of allylic oxidation sites excluding steroid dienone is 1. The largest absolute Gasteiger partial charge is 0.460 e. The maximum absolute atomic E-state index is 12.9. The molecule has 7 heteroatoms. The zero-order valence-corrected chi connectivity index (χ0v) is 17.2. The Bertz CT molecular complexity index is 884. The van der Waals surface area contributed by atoms with E-state index in [4.69, 9.17) is 33.3 Å². The van der Waals surface area contributed by atoms with Crippen LogP contribution in [0.15, 0.2) is 65.9 Å². The number of carbonyl (C=O) groups is 1. The second kappa shape index (κ2) is 9.19. The molecule has 0 fully saturated rings. The molecule has 0 unspecified atom stereocenters. The standard InChI is InChI=1S/C21H21ClN2O3S/c1-14-18(20(25)27-13-12-26-2)19(15-6-4-3-5-7-15)23-21(28)24(14)17-10-8-16(22)9-11-17/h3-11,19H,12-13H2,1-2H3,(H,23,28)/t19-/m1/s1. The Morgan fingerprint density at radius 3 is 2.46 bits per heavy atom. The number of hydrogen-bond acceptors (Lipinski definition) is 4. The highest BCUT2D eigenvalue weighted by Crippen LogP contribution is 2.34. The summed E-state index contributed by atoms with van der Waals surface area (Å²) in [7, 11) is 1.56. The van der Waals surface area contributed by atoms with E-state index in [1.807, 2.05) is 54.3 Å². The number of benzene rings is 2. The molecule has 1 aliphatic heterocycles. The van der Waals surface area contributed by atoms with Gasteiger partial charge in [-0.05, 0) is 49.0 Å². The first-order valence-corrected chi connectivity index (χ1v) is 9.59. The Kier molecular flexibility index (Phi) is 6.67. The zero-order chi connectivity index (χ0) is 20.1. The molecule has 2 aromatic rings. The number of anilines is 1. The number of methoxy groups -OCH3 is 1. The van der Waals surface area contributed by atoms with Gasteiger partial charge in [0.15, 0.2) is 5.11 Å². The van der Waals surface area contributed by atoms with E-state index in [-0.39, 0.29) is 6.61 Å². The molecule has 1 aliphatic rings. The predicted octanol–water partition coefficient (Wildman–Crippen LogP) is 4.24. The van der Waals surface area contributed by atoms with Gasteiger partial charge in [0.2, 0.25) is 0 Å². The van der Waals surface area contributed by atoms with Gasteiger partial charge < -0.3 is 14.8 Å². The van der Waals surface area contributed by atoms with Crippen LogP contribution < -0.4 is 10.2 Å². The smallest absolute Gasteiger partial charge is 0.338 e. The van der Waals surface area contributed by atoms with Crippen molar-refractivity contribution in [2.24, 2.45) is 0 Å². The molecule has 0 aliphatic carbocycles. The zero-order valence-electron chi connectivity index (χ0n) is 15.6. The predicted molar refractivity (Wildman–Crippen MR) is 114 cm³/mol. The Hall–Kier alpha value is -2.41. The molecule has 0 amide bonds. The molecule has 0 aromatic heterocycles. The summed E-state index contributed by atoms with van der Waals surface area (Å²) < 4.78 is 10.4. The van der Waals surface area contributed by atoms with Gasteiger partial charge in [-0.2, -0.15) is 0 Å². The highest BCUT2D eigenvalue weighted by Gasteiger charge is 2.35. The molecule has 0 saturated carbocycles. The van der Waals surface area contributed by atoms with Gasteiger partial charge in [0.05, 0.1) is 18.2 Å². The fraction of sp³-hybridized carbons (Fsp3) is 0.238. The van der Waals surface area contributed by atoms with Crippen LogP contribution in [0.5, 0.6) is 0 Å². The van der Waals surface area contributed by atoms with Crippen molar-refractivity contribution in [1.82, 2.24) is 5.32 Å². The van der Waals surface area contributed by atoms with Gasteiger partial charge in [0.25, 0.3) is 0 Å². The maximum atomic E-state index is 12.9. The second-order valence-electron chi connectivity index (χ2n) is 6.23. The minimum atomic E-state index is -0.405. The third kappa shape index (κ3) is 4.35. The van der Waals surface area contributed by atoms with Crippen LogP contribution in [-0.2, 0) is 14.3 Å². The van der Waals surface area contributed by atoms with Gasteiger partial charge >= 0.3 is 5.97 Å². The lowest BCUT2D eigenvalue weighted by Gasteiger charge is -2.37. The lowest BCUT2D eigenvalue weighted by Crippen LogP contribution is -2.48. The first kappa shape index (κ1) is 20.3. The molecular weight excluding hydrogens is 396 g/mol. The van der Waals surface area contributed by atoms with Gasteiger partial charge in [0.1, 0.15) is 6.61 Å². The number of nitrogens with zero attached hydrogens (tertiary/aromatic N) is 1. The van der Waals surface area contributed by atoms with Crippen LogP contribution >= 0.6 is 23.8 Å². The van der Waals surface area contributed by atoms with E-state index in [9.17, 15) is 4.79 Å². The molecule has 0 bridgehead atoms. The molecule has 1 heterocycles. The van der Waals surface area contributed by atoms with Gasteiger partial charge in [-0.15, -0.1) is 0 Å². The number of carbonyl (C=O) groups excluding carboxylic acids is 1. The summed E-state index contributed by atoms with van der Waals surface area (Å²) in [6, 6.07) is 16.6. The molecule has 28 heavy (non-hydrogen) atoms. The van der Waals surface area contributed by atoms with E-state index in [1.165, 1.54) is 0 Å². The van der Waals surface area contributed by atoms with Gasteiger partial charge in [-0.1, -0.05) is 41.9 Å². The first-order valence-electron chi connectivity index (χ1n) is 8.81. The molecule has 0 spiro atoms. The second-order valence-corrected chi connectivity index (χ2v) is 7.06. The Balaban J connectivity index is 2.04. The molecule has 146 valence electrons. The van der Waals surface area contributed by atoms with Crippen LogP contribution in [0.2, 0.25) is 5.02 Å². The number of nitrogens with one attached hydrogen (secondary N) is 1. The minimum Gasteiger partial charge on any atom is -0.460 e. The SMILES string of the molecule is COCCOC(=O)C1=C(C)N(c2ccc(Cl)cc2)C(=S)N[C@@H]1c1ccccc1. The minimum absolute atomic E-state index is 0.180. The van der Waals surface area contributed by atoms with Crippen molar-refractivity contribution in [3.05, 3.63) is 76.5 Å². The van der Waals surface area contributed by atoms with Crippen molar-refractivity contribution < 1.29 is 14.3 Å². The molecule has 1 atom stereocenters. The molecule has 3 rings (SSSR count). The monoisotopic (exact) mass is 416 g/mol. The summed E-state index contributed by atoms with van der Waals surface area (Å²) in [5, 5.41) is 4.41.